The lowest BCUT2D eigenvalue weighted by Gasteiger charge is -2.06. The first-order valence-electron chi connectivity index (χ1n) is 8.34. The monoisotopic (exact) mass is 363 g/mol. The molecule has 4 nitrogen and oxygen atoms in total. The van der Waals surface area contributed by atoms with Crippen molar-refractivity contribution >= 4 is 38.3 Å². The zero-order valence-electron chi connectivity index (χ0n) is 14.3. The number of ether oxygens (including phenoxy) is 2. The molecule has 1 heterocycles. The second kappa shape index (κ2) is 7.14. The molecular formula is C21H17NO3S. The Balaban J connectivity index is 1.43. The van der Waals surface area contributed by atoms with Gasteiger partial charge < -0.3 is 9.47 Å². The number of esters is 1. The third kappa shape index (κ3) is 3.53. The van der Waals surface area contributed by atoms with Crippen LogP contribution in [-0.4, -0.2) is 18.1 Å². The van der Waals surface area contributed by atoms with E-state index >= 15 is 0 Å². The fourth-order valence-electron chi connectivity index (χ4n) is 2.81. The summed E-state index contributed by atoms with van der Waals surface area (Å²) in [5, 5.41) is 2.99. The average molecular weight is 363 g/mol. The number of methoxy groups -OCH3 is 1. The summed E-state index contributed by atoms with van der Waals surface area (Å²) in [6.45, 7) is 0. The van der Waals surface area contributed by atoms with E-state index in [9.17, 15) is 4.79 Å². The zero-order chi connectivity index (χ0) is 17.9. The highest BCUT2D eigenvalue weighted by atomic mass is 32.1. The van der Waals surface area contributed by atoms with E-state index in [1.807, 2.05) is 60.7 Å². The summed E-state index contributed by atoms with van der Waals surface area (Å²) in [6.07, 6.45) is 0.884. The number of aromatic nitrogens is 1. The number of hydrogen-bond acceptors (Lipinski definition) is 5. The van der Waals surface area contributed by atoms with Crippen LogP contribution in [-0.2, 0) is 11.2 Å². The molecule has 0 radical (unpaired) electrons. The van der Waals surface area contributed by atoms with Gasteiger partial charge in [-0.1, -0.05) is 24.3 Å². The van der Waals surface area contributed by atoms with Crippen LogP contribution in [0.2, 0.25) is 0 Å². The molecule has 0 fully saturated rings. The number of rotatable bonds is 5. The molecule has 0 spiro atoms. The Morgan fingerprint density at radius 1 is 1.00 bits per heavy atom. The maximum atomic E-state index is 12.2. The lowest BCUT2D eigenvalue weighted by atomic mass is 10.1. The van der Waals surface area contributed by atoms with E-state index in [1.54, 1.807) is 18.4 Å². The van der Waals surface area contributed by atoms with Crippen LogP contribution in [0.25, 0.3) is 21.0 Å². The van der Waals surface area contributed by atoms with Crippen molar-refractivity contribution in [1.82, 2.24) is 4.98 Å². The Kier molecular flexibility index (Phi) is 4.54. The summed E-state index contributed by atoms with van der Waals surface area (Å²) in [5.74, 6) is 1.06. The van der Waals surface area contributed by atoms with Crippen molar-refractivity contribution < 1.29 is 14.3 Å². The lowest BCUT2D eigenvalue weighted by Crippen LogP contribution is -2.08. The van der Waals surface area contributed by atoms with Gasteiger partial charge in [0, 0.05) is 6.42 Å². The van der Waals surface area contributed by atoms with Crippen molar-refractivity contribution in [2.24, 2.45) is 0 Å². The number of nitrogens with zero attached hydrogens (tertiary/aromatic N) is 1. The third-order valence-corrected chi connectivity index (χ3v) is 5.23. The largest absolute Gasteiger partial charge is 0.497 e. The summed E-state index contributed by atoms with van der Waals surface area (Å²) >= 11 is 1.62. The highest BCUT2D eigenvalue weighted by molar-refractivity contribution is 7.18. The Morgan fingerprint density at radius 3 is 2.58 bits per heavy atom. The summed E-state index contributed by atoms with van der Waals surface area (Å²) in [4.78, 5) is 16.7. The van der Waals surface area contributed by atoms with Crippen LogP contribution in [0.1, 0.15) is 11.4 Å². The third-order valence-electron chi connectivity index (χ3n) is 4.13. The van der Waals surface area contributed by atoms with Gasteiger partial charge in [0.1, 0.15) is 11.5 Å². The van der Waals surface area contributed by atoms with Gasteiger partial charge in [0.05, 0.1) is 28.8 Å². The van der Waals surface area contributed by atoms with E-state index in [-0.39, 0.29) is 5.97 Å². The predicted octanol–water partition coefficient (Wildman–Crippen LogP) is 5.00. The van der Waals surface area contributed by atoms with E-state index in [1.165, 1.54) is 0 Å². The molecule has 0 N–H and O–H groups in total. The summed E-state index contributed by atoms with van der Waals surface area (Å²) in [5.41, 5.74) is 0.976. The van der Waals surface area contributed by atoms with Crippen LogP contribution in [0.3, 0.4) is 0 Å². The molecule has 4 aromatic rings. The highest BCUT2D eigenvalue weighted by Gasteiger charge is 2.09. The Morgan fingerprint density at radius 2 is 1.77 bits per heavy atom. The van der Waals surface area contributed by atoms with E-state index in [2.05, 4.69) is 4.98 Å². The number of carbonyl (C=O) groups excluding carboxylic acids is 1. The molecule has 0 amide bonds. The van der Waals surface area contributed by atoms with E-state index < -0.39 is 0 Å². The number of carbonyl (C=O) groups is 1. The van der Waals surface area contributed by atoms with Crippen LogP contribution in [0.15, 0.2) is 60.7 Å². The van der Waals surface area contributed by atoms with Gasteiger partial charge in [0.2, 0.25) is 0 Å². The summed E-state index contributed by atoms with van der Waals surface area (Å²) in [7, 11) is 1.63. The lowest BCUT2D eigenvalue weighted by molar-refractivity contribution is -0.134. The molecule has 0 aliphatic heterocycles. The molecule has 0 atom stereocenters. The molecule has 1 aromatic heterocycles. The van der Waals surface area contributed by atoms with Crippen LogP contribution in [0, 0.1) is 0 Å². The van der Waals surface area contributed by atoms with Gasteiger partial charge in [-0.25, -0.2) is 4.98 Å². The predicted molar refractivity (Wildman–Crippen MR) is 104 cm³/mol. The van der Waals surface area contributed by atoms with Crippen molar-refractivity contribution in [2.75, 3.05) is 7.11 Å². The van der Waals surface area contributed by atoms with Crippen molar-refractivity contribution in [3.63, 3.8) is 0 Å². The van der Waals surface area contributed by atoms with E-state index in [0.29, 0.717) is 18.6 Å². The van der Waals surface area contributed by atoms with Gasteiger partial charge in [0.25, 0.3) is 0 Å². The molecule has 3 aromatic carbocycles. The van der Waals surface area contributed by atoms with Gasteiger partial charge in [-0.2, -0.15) is 0 Å². The Bertz CT molecular complexity index is 1050. The number of fused-ring (bicyclic) bond motifs is 2. The molecule has 0 bridgehead atoms. The molecule has 0 saturated heterocycles. The molecule has 130 valence electrons. The first kappa shape index (κ1) is 16.5. The molecule has 26 heavy (non-hydrogen) atoms. The number of thiazole rings is 1. The Labute approximate surface area is 155 Å². The minimum atomic E-state index is -0.258. The first-order valence-corrected chi connectivity index (χ1v) is 9.16. The maximum Gasteiger partial charge on any atom is 0.311 e. The topological polar surface area (TPSA) is 48.4 Å². The first-order chi connectivity index (χ1) is 12.7. The molecule has 0 unspecified atom stereocenters. The van der Waals surface area contributed by atoms with E-state index in [0.717, 1.165) is 31.7 Å². The number of aryl methyl sites for hydroxylation is 1. The fourth-order valence-corrected chi connectivity index (χ4v) is 3.78. The van der Waals surface area contributed by atoms with Gasteiger partial charge in [-0.15, -0.1) is 11.3 Å². The minimum Gasteiger partial charge on any atom is -0.497 e. The highest BCUT2D eigenvalue weighted by Crippen LogP contribution is 2.26. The van der Waals surface area contributed by atoms with Gasteiger partial charge in [-0.05, 0) is 47.2 Å². The SMILES string of the molecule is COc1ccc2ccc(OC(=O)CCc3nc4ccccc4s3)cc2c1. The van der Waals surface area contributed by atoms with Crippen LogP contribution >= 0.6 is 11.3 Å². The average Bonchev–Trinajstić information content (AvgIpc) is 3.09. The second-order valence-electron chi connectivity index (χ2n) is 5.92. The number of benzene rings is 3. The van der Waals surface area contributed by atoms with Crippen LogP contribution in [0.5, 0.6) is 11.5 Å². The molecule has 0 aliphatic carbocycles. The van der Waals surface area contributed by atoms with Crippen LogP contribution < -0.4 is 9.47 Å². The molecule has 4 rings (SSSR count). The Hall–Kier alpha value is -2.92. The quantitative estimate of drug-likeness (QED) is 0.370. The smallest absolute Gasteiger partial charge is 0.311 e. The molecular weight excluding hydrogens is 346 g/mol. The van der Waals surface area contributed by atoms with E-state index in [4.69, 9.17) is 9.47 Å². The summed E-state index contributed by atoms with van der Waals surface area (Å²) < 4.78 is 11.9. The van der Waals surface area contributed by atoms with Crippen LogP contribution in [0.4, 0.5) is 0 Å². The van der Waals surface area contributed by atoms with Gasteiger partial charge in [0.15, 0.2) is 0 Å². The van der Waals surface area contributed by atoms with Crippen molar-refractivity contribution in [3.8, 4) is 11.5 Å². The maximum absolute atomic E-state index is 12.2. The number of hydrogen-bond donors (Lipinski definition) is 0. The van der Waals surface area contributed by atoms with Gasteiger partial charge >= 0.3 is 5.97 Å². The zero-order valence-corrected chi connectivity index (χ0v) is 15.1. The van der Waals surface area contributed by atoms with Crippen molar-refractivity contribution in [3.05, 3.63) is 65.7 Å². The molecule has 0 aliphatic rings. The van der Waals surface area contributed by atoms with Gasteiger partial charge in [-0.3, -0.25) is 4.79 Å². The number of para-hydroxylation sites is 1. The minimum absolute atomic E-state index is 0.258. The normalized spacial score (nSPS) is 11.0. The van der Waals surface area contributed by atoms with Crippen molar-refractivity contribution in [1.29, 1.82) is 0 Å². The standard InChI is InChI=1S/C21H17NO3S/c1-24-16-8-6-14-7-9-17(13-15(14)12-16)25-21(23)11-10-20-22-18-4-2-3-5-19(18)26-20/h2-9,12-13H,10-11H2,1H3. The molecule has 0 saturated carbocycles. The summed E-state index contributed by atoms with van der Waals surface area (Å²) in [6, 6.07) is 19.4. The second-order valence-corrected chi connectivity index (χ2v) is 7.04. The fraction of sp³-hybridized carbons (Fsp3) is 0.143. The molecule has 5 heteroatoms. The van der Waals surface area contributed by atoms with Crippen molar-refractivity contribution in [2.45, 2.75) is 12.8 Å².